The molecule has 0 aromatic carbocycles. The van der Waals surface area contributed by atoms with Gasteiger partial charge in [-0.3, -0.25) is 0 Å². The van der Waals surface area contributed by atoms with E-state index in [2.05, 4.69) is 39.1 Å². The van der Waals surface area contributed by atoms with Crippen LogP contribution in [-0.2, 0) is 6.54 Å². The van der Waals surface area contributed by atoms with Crippen molar-refractivity contribution in [2.75, 3.05) is 0 Å². The van der Waals surface area contributed by atoms with E-state index in [1.807, 2.05) is 11.3 Å². The van der Waals surface area contributed by atoms with Gasteiger partial charge in [-0.1, -0.05) is 20.3 Å². The number of rotatable bonds is 3. The van der Waals surface area contributed by atoms with Gasteiger partial charge in [0.25, 0.3) is 0 Å². The zero-order chi connectivity index (χ0) is 11.8. The molecular formula is C14H23NS. The molecule has 16 heavy (non-hydrogen) atoms. The Morgan fingerprint density at radius 1 is 1.44 bits per heavy atom. The summed E-state index contributed by atoms with van der Waals surface area (Å²) in [4.78, 5) is 2.90. The first-order chi connectivity index (χ1) is 7.49. The summed E-state index contributed by atoms with van der Waals surface area (Å²) in [5, 5.41) is 3.75. The van der Waals surface area contributed by atoms with Gasteiger partial charge in [0.2, 0.25) is 0 Å². The summed E-state index contributed by atoms with van der Waals surface area (Å²) >= 11 is 1.91. The fraction of sp³-hybridized carbons (Fsp3) is 0.714. The van der Waals surface area contributed by atoms with Gasteiger partial charge in [-0.15, -0.1) is 11.3 Å². The highest BCUT2D eigenvalue weighted by atomic mass is 32.1. The molecule has 2 rings (SSSR count). The van der Waals surface area contributed by atoms with Crippen molar-refractivity contribution >= 4 is 11.3 Å². The van der Waals surface area contributed by atoms with Crippen molar-refractivity contribution in [3.8, 4) is 0 Å². The molecule has 1 fully saturated rings. The Hall–Kier alpha value is -0.340. The van der Waals surface area contributed by atoms with Crippen LogP contribution in [-0.4, -0.2) is 6.04 Å². The van der Waals surface area contributed by atoms with Gasteiger partial charge in [0.1, 0.15) is 0 Å². The highest BCUT2D eigenvalue weighted by molar-refractivity contribution is 7.12. The van der Waals surface area contributed by atoms with Crippen LogP contribution in [0.15, 0.2) is 6.07 Å². The third-order valence-corrected chi connectivity index (χ3v) is 4.95. The van der Waals surface area contributed by atoms with Crippen LogP contribution in [0, 0.1) is 19.3 Å². The van der Waals surface area contributed by atoms with Gasteiger partial charge in [0, 0.05) is 22.3 Å². The summed E-state index contributed by atoms with van der Waals surface area (Å²) in [5.74, 6) is 0. The van der Waals surface area contributed by atoms with Crippen LogP contribution in [0.3, 0.4) is 0 Å². The van der Waals surface area contributed by atoms with Crippen LogP contribution in [0.1, 0.15) is 48.4 Å². The van der Waals surface area contributed by atoms with Gasteiger partial charge in [-0.2, -0.15) is 0 Å². The molecular weight excluding hydrogens is 214 g/mol. The van der Waals surface area contributed by atoms with E-state index >= 15 is 0 Å². The van der Waals surface area contributed by atoms with Gasteiger partial charge in [-0.05, 0) is 43.7 Å². The van der Waals surface area contributed by atoms with Crippen molar-refractivity contribution < 1.29 is 0 Å². The number of nitrogens with one attached hydrogen (secondary N) is 1. The van der Waals surface area contributed by atoms with Crippen molar-refractivity contribution in [1.82, 2.24) is 5.32 Å². The summed E-state index contributed by atoms with van der Waals surface area (Å²) in [6.45, 7) is 10.3. The molecule has 1 nitrogen and oxygen atoms in total. The maximum Gasteiger partial charge on any atom is 0.0219 e. The van der Waals surface area contributed by atoms with Crippen LogP contribution in [0.5, 0.6) is 0 Å². The van der Waals surface area contributed by atoms with Crippen LogP contribution in [0.4, 0.5) is 0 Å². The molecule has 1 unspecified atom stereocenters. The van der Waals surface area contributed by atoms with Crippen LogP contribution in [0.2, 0.25) is 0 Å². The molecule has 1 N–H and O–H groups in total. The minimum atomic E-state index is 0.485. The Balaban J connectivity index is 1.95. The molecule has 1 heterocycles. The number of thiophene rings is 1. The van der Waals surface area contributed by atoms with E-state index in [1.54, 1.807) is 0 Å². The lowest BCUT2D eigenvalue weighted by molar-refractivity contribution is 0.282. The molecule has 1 saturated carbocycles. The first kappa shape index (κ1) is 12.1. The van der Waals surface area contributed by atoms with Crippen LogP contribution in [0.25, 0.3) is 0 Å². The second-order valence-corrected chi connectivity index (χ2v) is 7.21. The fourth-order valence-electron chi connectivity index (χ4n) is 2.80. The molecule has 0 aliphatic heterocycles. The Bertz CT molecular complexity index is 365. The summed E-state index contributed by atoms with van der Waals surface area (Å²) in [7, 11) is 0. The first-order valence-electron chi connectivity index (χ1n) is 6.28. The summed E-state index contributed by atoms with van der Waals surface area (Å²) in [6.07, 6.45) is 4.09. The number of aryl methyl sites for hydroxylation is 2. The van der Waals surface area contributed by atoms with Crippen molar-refractivity contribution in [2.24, 2.45) is 5.41 Å². The maximum absolute atomic E-state index is 3.75. The molecule has 90 valence electrons. The van der Waals surface area contributed by atoms with Crippen LogP contribution < -0.4 is 5.32 Å². The Morgan fingerprint density at radius 2 is 2.19 bits per heavy atom. The van der Waals surface area contributed by atoms with Gasteiger partial charge >= 0.3 is 0 Å². The van der Waals surface area contributed by atoms with Gasteiger partial charge in [0.05, 0.1) is 0 Å². The Kier molecular flexibility index (Phi) is 3.41. The monoisotopic (exact) mass is 237 g/mol. The average Bonchev–Trinajstić information content (AvgIpc) is 2.66. The number of hydrogen-bond acceptors (Lipinski definition) is 2. The van der Waals surface area contributed by atoms with E-state index in [1.165, 1.54) is 34.6 Å². The molecule has 2 heteroatoms. The average molecular weight is 237 g/mol. The molecule has 0 radical (unpaired) electrons. The van der Waals surface area contributed by atoms with E-state index in [0.29, 0.717) is 11.5 Å². The first-order valence-corrected chi connectivity index (χ1v) is 7.10. The van der Waals surface area contributed by atoms with Crippen molar-refractivity contribution in [3.63, 3.8) is 0 Å². The van der Waals surface area contributed by atoms with Gasteiger partial charge in [-0.25, -0.2) is 0 Å². The third-order valence-electron chi connectivity index (χ3n) is 3.94. The molecule has 0 spiro atoms. The maximum atomic E-state index is 3.75. The SMILES string of the molecule is Cc1cc(CNC2CCCC2(C)C)c(C)s1. The summed E-state index contributed by atoms with van der Waals surface area (Å²) in [5.41, 5.74) is 1.98. The van der Waals surface area contributed by atoms with Crippen molar-refractivity contribution in [2.45, 2.75) is 59.5 Å². The molecule has 1 aromatic rings. The Morgan fingerprint density at radius 3 is 2.69 bits per heavy atom. The summed E-state index contributed by atoms with van der Waals surface area (Å²) < 4.78 is 0. The molecule has 0 saturated heterocycles. The predicted octanol–water partition coefficient (Wildman–Crippen LogP) is 4.03. The fourth-order valence-corrected chi connectivity index (χ4v) is 3.74. The molecule has 0 bridgehead atoms. The minimum Gasteiger partial charge on any atom is -0.309 e. The third kappa shape index (κ3) is 2.49. The lowest BCUT2D eigenvalue weighted by Gasteiger charge is -2.28. The molecule has 1 atom stereocenters. The van der Waals surface area contributed by atoms with E-state index in [-0.39, 0.29) is 0 Å². The molecule has 1 aliphatic carbocycles. The van der Waals surface area contributed by atoms with Gasteiger partial charge in [0.15, 0.2) is 0 Å². The zero-order valence-corrected chi connectivity index (χ0v) is 11.7. The zero-order valence-electron chi connectivity index (χ0n) is 10.9. The number of hydrogen-bond donors (Lipinski definition) is 1. The summed E-state index contributed by atoms with van der Waals surface area (Å²) in [6, 6.07) is 3.03. The molecule has 1 aromatic heterocycles. The molecule has 0 amide bonds. The topological polar surface area (TPSA) is 12.0 Å². The predicted molar refractivity (Wildman–Crippen MR) is 72.1 cm³/mol. The highest BCUT2D eigenvalue weighted by Gasteiger charge is 2.33. The minimum absolute atomic E-state index is 0.485. The largest absolute Gasteiger partial charge is 0.309 e. The highest BCUT2D eigenvalue weighted by Crippen LogP contribution is 2.37. The van der Waals surface area contributed by atoms with Gasteiger partial charge < -0.3 is 5.32 Å². The second kappa shape index (κ2) is 4.50. The smallest absolute Gasteiger partial charge is 0.0219 e. The van der Waals surface area contributed by atoms with Crippen LogP contribution >= 0.6 is 11.3 Å². The Labute approximate surface area is 103 Å². The van der Waals surface area contributed by atoms with E-state index < -0.39 is 0 Å². The van der Waals surface area contributed by atoms with Crippen molar-refractivity contribution in [1.29, 1.82) is 0 Å². The van der Waals surface area contributed by atoms with E-state index in [0.717, 1.165) is 6.54 Å². The normalized spacial score (nSPS) is 23.9. The van der Waals surface area contributed by atoms with E-state index in [4.69, 9.17) is 0 Å². The quantitative estimate of drug-likeness (QED) is 0.837. The van der Waals surface area contributed by atoms with E-state index in [9.17, 15) is 0 Å². The standard InChI is InChI=1S/C14H23NS/c1-10-8-12(11(2)16-10)9-15-13-6-5-7-14(13,3)4/h8,13,15H,5-7,9H2,1-4H3. The van der Waals surface area contributed by atoms with Crippen molar-refractivity contribution in [3.05, 3.63) is 21.4 Å². The lowest BCUT2D eigenvalue weighted by Crippen LogP contribution is -2.37. The molecule has 1 aliphatic rings. The lowest BCUT2D eigenvalue weighted by atomic mass is 9.87. The second-order valence-electron chi connectivity index (χ2n) is 5.75.